The molecule has 8 heteroatoms. The smallest absolute Gasteiger partial charge is 0.315 e. The molecular weight excluding hydrogens is 460 g/mol. The Kier molecular flexibility index (Phi) is 5.61. The fourth-order valence-electron chi connectivity index (χ4n) is 2.98. The summed E-state index contributed by atoms with van der Waals surface area (Å²) in [7, 11) is 1.58. The molecule has 0 N–H and O–H groups in total. The number of thioether (sulfide) groups is 1. The molecule has 5 nitrogen and oxygen atoms in total. The van der Waals surface area contributed by atoms with Crippen molar-refractivity contribution in [3.8, 4) is 5.75 Å². The van der Waals surface area contributed by atoms with Crippen LogP contribution in [0, 0.1) is 0 Å². The van der Waals surface area contributed by atoms with Crippen molar-refractivity contribution in [2.75, 3.05) is 19.1 Å². The van der Waals surface area contributed by atoms with Crippen molar-refractivity contribution in [1.29, 1.82) is 0 Å². The molecule has 0 unspecified atom stereocenters. The van der Waals surface area contributed by atoms with Gasteiger partial charge in [0.1, 0.15) is 0 Å². The van der Waals surface area contributed by atoms with Crippen LogP contribution < -0.4 is 9.54 Å². The highest BCUT2D eigenvalue weighted by atomic mass is 79.9. The minimum atomic E-state index is -0.401. The SMILES string of the molecule is COc1cccc2cc(C(=O)N=c3sc4cc(Br)ccc4n3CCSC)oc12. The number of nitrogens with zero attached hydrogens (tertiary/aromatic N) is 2. The summed E-state index contributed by atoms with van der Waals surface area (Å²) in [6.45, 7) is 0.781. The van der Waals surface area contributed by atoms with Gasteiger partial charge in [-0.1, -0.05) is 39.4 Å². The first-order chi connectivity index (χ1) is 13.6. The number of amides is 1. The molecule has 0 spiro atoms. The molecule has 0 bridgehead atoms. The molecule has 2 aromatic carbocycles. The van der Waals surface area contributed by atoms with E-state index in [2.05, 4.69) is 31.7 Å². The number of hydrogen-bond acceptors (Lipinski definition) is 5. The van der Waals surface area contributed by atoms with Gasteiger partial charge in [0.15, 0.2) is 21.9 Å². The van der Waals surface area contributed by atoms with Gasteiger partial charge in [-0.3, -0.25) is 4.79 Å². The molecule has 4 rings (SSSR count). The van der Waals surface area contributed by atoms with Crippen LogP contribution in [0.15, 0.2) is 56.3 Å². The summed E-state index contributed by atoms with van der Waals surface area (Å²) in [5, 5.41) is 0.813. The molecule has 0 atom stereocenters. The van der Waals surface area contributed by atoms with Crippen LogP contribution in [0.1, 0.15) is 10.6 Å². The van der Waals surface area contributed by atoms with Crippen LogP contribution in [-0.2, 0) is 6.54 Å². The number of methoxy groups -OCH3 is 1. The molecule has 4 aromatic rings. The molecule has 0 aliphatic carbocycles. The highest BCUT2D eigenvalue weighted by Gasteiger charge is 2.15. The van der Waals surface area contributed by atoms with E-state index in [0.29, 0.717) is 16.1 Å². The molecule has 28 heavy (non-hydrogen) atoms. The Labute approximate surface area is 178 Å². The molecule has 0 fully saturated rings. The maximum atomic E-state index is 12.8. The predicted molar refractivity (Wildman–Crippen MR) is 119 cm³/mol. The lowest BCUT2D eigenvalue weighted by Crippen LogP contribution is -2.18. The first-order valence-electron chi connectivity index (χ1n) is 8.54. The van der Waals surface area contributed by atoms with E-state index < -0.39 is 5.91 Å². The van der Waals surface area contributed by atoms with E-state index in [9.17, 15) is 4.79 Å². The average Bonchev–Trinajstić information content (AvgIpc) is 3.27. The van der Waals surface area contributed by atoms with Crippen LogP contribution in [0.25, 0.3) is 21.2 Å². The number of rotatable bonds is 5. The quantitative estimate of drug-likeness (QED) is 0.390. The molecule has 2 heterocycles. The van der Waals surface area contributed by atoms with Gasteiger partial charge in [-0.2, -0.15) is 16.8 Å². The zero-order chi connectivity index (χ0) is 19.7. The Morgan fingerprint density at radius 1 is 1.32 bits per heavy atom. The largest absolute Gasteiger partial charge is 0.493 e. The Hall–Kier alpha value is -2.03. The Bertz CT molecular complexity index is 1240. The van der Waals surface area contributed by atoms with E-state index in [1.165, 1.54) is 11.3 Å². The lowest BCUT2D eigenvalue weighted by Gasteiger charge is -2.03. The number of carbonyl (C=O) groups is 1. The fraction of sp³-hybridized carbons (Fsp3) is 0.200. The van der Waals surface area contributed by atoms with Crippen molar-refractivity contribution in [3.63, 3.8) is 0 Å². The van der Waals surface area contributed by atoms with Crippen molar-refractivity contribution >= 4 is 66.1 Å². The van der Waals surface area contributed by atoms with E-state index in [0.717, 1.165) is 32.4 Å². The van der Waals surface area contributed by atoms with Gasteiger partial charge in [-0.15, -0.1) is 0 Å². The number of halogens is 1. The van der Waals surface area contributed by atoms with Crippen LogP contribution >= 0.6 is 39.0 Å². The number of benzene rings is 2. The highest BCUT2D eigenvalue weighted by molar-refractivity contribution is 9.10. The maximum Gasteiger partial charge on any atom is 0.315 e. The third-order valence-corrected chi connectivity index (χ3v) is 6.42. The lowest BCUT2D eigenvalue weighted by atomic mass is 10.2. The molecule has 0 saturated heterocycles. The van der Waals surface area contributed by atoms with Gasteiger partial charge in [0.2, 0.25) is 0 Å². The normalized spacial score (nSPS) is 12.2. The predicted octanol–water partition coefficient (Wildman–Crippen LogP) is 5.32. The number of thiazole rings is 1. The topological polar surface area (TPSA) is 56.7 Å². The lowest BCUT2D eigenvalue weighted by molar-refractivity contribution is 0.0973. The summed E-state index contributed by atoms with van der Waals surface area (Å²) >= 11 is 6.76. The molecule has 0 radical (unpaired) electrons. The van der Waals surface area contributed by atoms with Gasteiger partial charge < -0.3 is 13.7 Å². The number of carbonyl (C=O) groups excluding carboxylic acids is 1. The van der Waals surface area contributed by atoms with Gasteiger partial charge in [0.05, 0.1) is 17.3 Å². The standard InChI is InChI=1S/C20H17BrN2O3S2/c1-25-15-5-3-4-12-10-16(26-18(12)15)19(24)22-20-23(8-9-27-2)14-7-6-13(21)11-17(14)28-20/h3-7,10-11H,8-9H2,1-2H3. The highest BCUT2D eigenvalue weighted by Crippen LogP contribution is 2.29. The van der Waals surface area contributed by atoms with Gasteiger partial charge in [0.25, 0.3) is 0 Å². The van der Waals surface area contributed by atoms with Gasteiger partial charge in [-0.25, -0.2) is 0 Å². The second-order valence-corrected chi connectivity index (χ2v) is 8.96. The monoisotopic (exact) mass is 476 g/mol. The molecule has 0 aliphatic heterocycles. The third-order valence-electron chi connectivity index (χ3n) is 4.30. The van der Waals surface area contributed by atoms with Crippen LogP contribution in [0.5, 0.6) is 5.75 Å². The van der Waals surface area contributed by atoms with Crippen LogP contribution in [0.2, 0.25) is 0 Å². The second kappa shape index (κ2) is 8.14. The number of aryl methyl sites for hydroxylation is 1. The Balaban J connectivity index is 1.81. The first kappa shape index (κ1) is 19.3. The first-order valence-corrected chi connectivity index (χ1v) is 11.5. The molecular formula is C20H17BrN2O3S2. The van der Waals surface area contributed by atoms with E-state index in [1.807, 2.05) is 30.3 Å². The van der Waals surface area contributed by atoms with Crippen molar-refractivity contribution in [3.05, 3.63) is 57.5 Å². The molecule has 0 aliphatic rings. The summed E-state index contributed by atoms with van der Waals surface area (Å²) in [5.74, 6) is 1.33. The van der Waals surface area contributed by atoms with Crippen molar-refractivity contribution in [2.45, 2.75) is 6.54 Å². The summed E-state index contributed by atoms with van der Waals surface area (Å²) in [4.78, 5) is 17.9. The number of para-hydroxylation sites is 1. The average molecular weight is 477 g/mol. The number of hydrogen-bond donors (Lipinski definition) is 0. The fourth-order valence-corrected chi connectivity index (χ4v) is 4.95. The van der Waals surface area contributed by atoms with Crippen LogP contribution in [-0.4, -0.2) is 29.6 Å². The maximum absolute atomic E-state index is 12.8. The summed E-state index contributed by atoms with van der Waals surface area (Å²) in [6, 6.07) is 13.4. The van der Waals surface area contributed by atoms with E-state index in [1.54, 1.807) is 31.0 Å². The number of ether oxygens (including phenoxy) is 1. The minimum absolute atomic E-state index is 0.203. The second-order valence-electron chi connectivity index (χ2n) is 6.05. The van der Waals surface area contributed by atoms with E-state index in [4.69, 9.17) is 9.15 Å². The Morgan fingerprint density at radius 3 is 2.96 bits per heavy atom. The molecule has 1 amide bonds. The summed E-state index contributed by atoms with van der Waals surface area (Å²) in [5.41, 5.74) is 1.62. The summed E-state index contributed by atoms with van der Waals surface area (Å²) in [6.07, 6.45) is 2.06. The Morgan fingerprint density at radius 2 is 2.18 bits per heavy atom. The zero-order valence-corrected chi connectivity index (χ0v) is 18.5. The summed E-state index contributed by atoms with van der Waals surface area (Å²) < 4.78 is 15.2. The zero-order valence-electron chi connectivity index (χ0n) is 15.3. The minimum Gasteiger partial charge on any atom is -0.493 e. The van der Waals surface area contributed by atoms with Crippen LogP contribution in [0.3, 0.4) is 0 Å². The van der Waals surface area contributed by atoms with E-state index >= 15 is 0 Å². The van der Waals surface area contributed by atoms with Gasteiger partial charge in [0, 0.05) is 22.2 Å². The van der Waals surface area contributed by atoms with Crippen molar-refractivity contribution < 1.29 is 13.9 Å². The van der Waals surface area contributed by atoms with E-state index in [-0.39, 0.29) is 5.76 Å². The van der Waals surface area contributed by atoms with Crippen molar-refractivity contribution in [1.82, 2.24) is 4.57 Å². The number of furan rings is 1. The number of fused-ring (bicyclic) bond motifs is 2. The number of aromatic nitrogens is 1. The van der Waals surface area contributed by atoms with Gasteiger partial charge >= 0.3 is 5.91 Å². The molecule has 0 saturated carbocycles. The van der Waals surface area contributed by atoms with Crippen molar-refractivity contribution in [2.24, 2.45) is 4.99 Å². The van der Waals surface area contributed by atoms with Gasteiger partial charge in [-0.05, 0) is 36.6 Å². The van der Waals surface area contributed by atoms with Crippen LogP contribution in [0.4, 0.5) is 0 Å². The molecule has 144 valence electrons. The molecule has 2 aromatic heterocycles. The third kappa shape index (κ3) is 3.64.